The molecule has 1 heterocycles. The quantitative estimate of drug-likeness (QED) is 0.625. The summed E-state index contributed by atoms with van der Waals surface area (Å²) in [6, 6.07) is 8.52. The molecule has 1 fully saturated rings. The van der Waals surface area contributed by atoms with Crippen LogP contribution in [0.25, 0.3) is 0 Å². The van der Waals surface area contributed by atoms with Crippen molar-refractivity contribution in [2.24, 2.45) is 5.92 Å². The van der Waals surface area contributed by atoms with Crippen molar-refractivity contribution in [2.75, 3.05) is 0 Å². The van der Waals surface area contributed by atoms with Crippen LogP contribution in [0.3, 0.4) is 0 Å². The first kappa shape index (κ1) is 9.26. The molecule has 1 aromatic carbocycles. The monoisotopic (exact) mass is 202 g/mol. The number of rotatable bonds is 0. The summed E-state index contributed by atoms with van der Waals surface area (Å²) in [5, 5.41) is 0. The smallest absolute Gasteiger partial charge is 0.123 e. The number of hydrogen-bond donors (Lipinski definition) is 0. The summed E-state index contributed by atoms with van der Waals surface area (Å²) in [5.41, 5.74) is 1.52. The Hall–Kier alpha value is -0.980. The summed E-state index contributed by atoms with van der Waals surface area (Å²) >= 11 is 0. The number of ether oxygens (including phenoxy) is 1. The van der Waals surface area contributed by atoms with E-state index in [4.69, 9.17) is 4.74 Å². The van der Waals surface area contributed by atoms with Crippen LogP contribution in [0.5, 0.6) is 5.75 Å². The first-order chi connectivity index (χ1) is 7.28. The molecule has 1 nitrogen and oxygen atoms in total. The summed E-state index contributed by atoms with van der Waals surface area (Å²) < 4.78 is 6.22. The lowest BCUT2D eigenvalue weighted by molar-refractivity contribution is -0.0215. The maximum absolute atomic E-state index is 6.22. The predicted octanol–water partition coefficient (Wildman–Crippen LogP) is 3.57. The van der Waals surface area contributed by atoms with Crippen molar-refractivity contribution in [3.63, 3.8) is 0 Å². The van der Waals surface area contributed by atoms with Gasteiger partial charge >= 0.3 is 0 Å². The second-order valence-corrected chi connectivity index (χ2v) is 5.17. The fraction of sp³-hybridized carbons (Fsp3) is 0.571. The summed E-state index contributed by atoms with van der Waals surface area (Å²) in [7, 11) is 0. The lowest BCUT2D eigenvalue weighted by Crippen LogP contribution is -2.46. The van der Waals surface area contributed by atoms with Gasteiger partial charge in [0.2, 0.25) is 0 Å². The molecule has 0 saturated heterocycles. The van der Waals surface area contributed by atoms with Gasteiger partial charge in [-0.1, -0.05) is 24.6 Å². The highest BCUT2D eigenvalue weighted by Crippen LogP contribution is 2.44. The zero-order valence-corrected chi connectivity index (χ0v) is 9.33. The Labute approximate surface area is 91.5 Å². The minimum absolute atomic E-state index is 0.118. The van der Waals surface area contributed by atoms with Gasteiger partial charge in [0.05, 0.1) is 0 Å². The summed E-state index contributed by atoms with van der Waals surface area (Å²) in [5.74, 6) is 1.86. The van der Waals surface area contributed by atoms with Gasteiger partial charge in [-0.3, -0.25) is 0 Å². The molecule has 0 spiro atoms. The number of para-hydroxylation sites is 1. The van der Waals surface area contributed by atoms with Crippen molar-refractivity contribution in [3.8, 4) is 5.75 Å². The Morgan fingerprint density at radius 1 is 1.27 bits per heavy atom. The molecule has 80 valence electrons. The molecule has 0 bridgehead atoms. The van der Waals surface area contributed by atoms with E-state index in [0.29, 0.717) is 0 Å². The van der Waals surface area contributed by atoms with E-state index in [2.05, 4.69) is 31.2 Å². The van der Waals surface area contributed by atoms with E-state index in [9.17, 15) is 0 Å². The molecule has 1 heteroatoms. The van der Waals surface area contributed by atoms with Crippen LogP contribution in [0, 0.1) is 5.92 Å². The largest absolute Gasteiger partial charge is 0.487 e. The topological polar surface area (TPSA) is 9.23 Å². The van der Waals surface area contributed by atoms with E-state index < -0.39 is 0 Å². The Kier molecular flexibility index (Phi) is 2.01. The Balaban J connectivity index is 1.98. The SMILES string of the molecule is C[C@]12CCCC[C@@H]1Cc1ccccc1O2. The predicted molar refractivity (Wildman–Crippen MR) is 61.1 cm³/mol. The Bertz CT molecular complexity index is 371. The normalized spacial score (nSPS) is 33.8. The van der Waals surface area contributed by atoms with Gasteiger partial charge in [-0.2, -0.15) is 0 Å². The van der Waals surface area contributed by atoms with Crippen molar-refractivity contribution < 1.29 is 4.74 Å². The van der Waals surface area contributed by atoms with Crippen molar-refractivity contribution in [2.45, 2.75) is 44.6 Å². The van der Waals surface area contributed by atoms with Crippen LogP contribution >= 0.6 is 0 Å². The average Bonchev–Trinajstić information content (AvgIpc) is 2.25. The van der Waals surface area contributed by atoms with E-state index >= 15 is 0 Å². The second kappa shape index (κ2) is 3.26. The van der Waals surface area contributed by atoms with E-state index in [1.165, 1.54) is 37.7 Å². The van der Waals surface area contributed by atoms with E-state index in [1.54, 1.807) is 0 Å². The molecule has 0 aromatic heterocycles. The summed E-state index contributed by atoms with van der Waals surface area (Å²) in [6.45, 7) is 2.30. The standard InChI is InChI=1S/C14H18O/c1-14-9-5-4-7-12(14)10-11-6-2-3-8-13(11)15-14/h2-3,6,8,12H,4-5,7,9-10H2,1H3/t12-,14+/m1/s1. The molecule has 0 unspecified atom stereocenters. The lowest BCUT2D eigenvalue weighted by atomic mass is 9.72. The number of hydrogen-bond acceptors (Lipinski definition) is 1. The summed E-state index contributed by atoms with van der Waals surface area (Å²) in [4.78, 5) is 0. The lowest BCUT2D eigenvalue weighted by Gasteiger charge is -2.45. The van der Waals surface area contributed by atoms with Gasteiger partial charge in [-0.25, -0.2) is 0 Å². The van der Waals surface area contributed by atoms with Crippen molar-refractivity contribution in [1.29, 1.82) is 0 Å². The fourth-order valence-corrected chi connectivity index (χ4v) is 3.12. The molecule has 1 aliphatic heterocycles. The highest BCUT2D eigenvalue weighted by atomic mass is 16.5. The van der Waals surface area contributed by atoms with Crippen molar-refractivity contribution >= 4 is 0 Å². The molecule has 0 amide bonds. The molecule has 0 N–H and O–H groups in total. The van der Waals surface area contributed by atoms with Gasteiger partial charge in [0.15, 0.2) is 0 Å². The zero-order chi connectivity index (χ0) is 10.3. The van der Waals surface area contributed by atoms with Crippen LogP contribution < -0.4 is 4.74 Å². The zero-order valence-electron chi connectivity index (χ0n) is 9.33. The van der Waals surface area contributed by atoms with Crippen LogP contribution in [-0.2, 0) is 6.42 Å². The number of benzene rings is 1. The fourth-order valence-electron chi connectivity index (χ4n) is 3.12. The molecule has 2 atom stereocenters. The van der Waals surface area contributed by atoms with E-state index in [0.717, 1.165) is 11.7 Å². The maximum atomic E-state index is 6.22. The van der Waals surface area contributed by atoms with Gasteiger partial charge in [0.1, 0.15) is 11.4 Å². The average molecular weight is 202 g/mol. The first-order valence-electron chi connectivity index (χ1n) is 6.05. The molecule has 0 radical (unpaired) electrons. The van der Waals surface area contributed by atoms with Crippen LogP contribution in [-0.4, -0.2) is 5.60 Å². The summed E-state index contributed by atoms with van der Waals surface area (Å²) in [6.07, 6.45) is 6.49. The molecule has 1 aliphatic carbocycles. The molecule has 2 aliphatic rings. The molecule has 1 saturated carbocycles. The van der Waals surface area contributed by atoms with Crippen LogP contribution in [0.15, 0.2) is 24.3 Å². The van der Waals surface area contributed by atoms with Crippen LogP contribution in [0.2, 0.25) is 0 Å². The molecular weight excluding hydrogens is 184 g/mol. The van der Waals surface area contributed by atoms with Crippen LogP contribution in [0.1, 0.15) is 38.2 Å². The number of fused-ring (bicyclic) bond motifs is 2. The third-order valence-electron chi connectivity index (χ3n) is 4.12. The van der Waals surface area contributed by atoms with Gasteiger partial charge < -0.3 is 4.74 Å². The minimum Gasteiger partial charge on any atom is -0.487 e. The van der Waals surface area contributed by atoms with Crippen LogP contribution in [0.4, 0.5) is 0 Å². The van der Waals surface area contributed by atoms with Crippen molar-refractivity contribution in [3.05, 3.63) is 29.8 Å². The molecule has 1 aromatic rings. The molecule has 3 rings (SSSR count). The van der Waals surface area contributed by atoms with E-state index in [-0.39, 0.29) is 5.60 Å². The highest BCUT2D eigenvalue weighted by Gasteiger charge is 2.41. The highest BCUT2D eigenvalue weighted by molar-refractivity contribution is 5.36. The van der Waals surface area contributed by atoms with Gasteiger partial charge in [-0.05, 0) is 44.2 Å². The van der Waals surface area contributed by atoms with Gasteiger partial charge in [0.25, 0.3) is 0 Å². The molecule has 15 heavy (non-hydrogen) atoms. The Morgan fingerprint density at radius 3 is 3.07 bits per heavy atom. The second-order valence-electron chi connectivity index (χ2n) is 5.17. The Morgan fingerprint density at radius 2 is 2.13 bits per heavy atom. The van der Waals surface area contributed by atoms with Gasteiger partial charge in [-0.15, -0.1) is 0 Å². The minimum atomic E-state index is 0.118. The third kappa shape index (κ3) is 1.45. The maximum Gasteiger partial charge on any atom is 0.123 e. The third-order valence-corrected chi connectivity index (χ3v) is 4.12. The first-order valence-corrected chi connectivity index (χ1v) is 6.05. The van der Waals surface area contributed by atoms with Gasteiger partial charge in [0, 0.05) is 5.92 Å². The molecular formula is C14H18O. The van der Waals surface area contributed by atoms with Crippen molar-refractivity contribution in [1.82, 2.24) is 0 Å². The van der Waals surface area contributed by atoms with E-state index in [1.807, 2.05) is 0 Å².